The molecule has 0 radical (unpaired) electrons. The molecule has 0 saturated heterocycles. The fourth-order valence-electron chi connectivity index (χ4n) is 9.90. The highest BCUT2D eigenvalue weighted by molar-refractivity contribution is 7.34. The number of carbonyl (C=O) groups is 2. The Balaban J connectivity index is 0.000000187. The minimum absolute atomic E-state index is 0. The van der Waals surface area contributed by atoms with Crippen LogP contribution in [0.5, 0.6) is 11.5 Å². The number of hydrogen-bond acceptors (Lipinski definition) is 10. The Morgan fingerprint density at radius 2 is 1.20 bits per heavy atom. The number of nitrogens with zero attached hydrogens (tertiary/aromatic N) is 2. The topological polar surface area (TPSA) is 123 Å². The van der Waals surface area contributed by atoms with E-state index in [1.165, 1.54) is 31.9 Å². The number of likely N-dealkylation sites (N-methyl/N-ethyl adjacent to an activating group) is 2. The van der Waals surface area contributed by atoms with E-state index in [9.17, 15) is 23.8 Å². The van der Waals surface area contributed by atoms with Gasteiger partial charge in [0, 0.05) is 52.8 Å². The number of ether oxygens (including phenoxy) is 3. The van der Waals surface area contributed by atoms with Gasteiger partial charge in [0.2, 0.25) is 0 Å². The number of aliphatic hydroxyl groups excluding tert-OH is 1. The Kier molecular flexibility index (Phi) is 12.5. The first kappa shape index (κ1) is 41.9. The van der Waals surface area contributed by atoms with Gasteiger partial charge in [-0.25, -0.2) is 0 Å². The maximum Gasteiger partial charge on any atom is 0.303 e. The Morgan fingerprint density at radius 1 is 0.778 bits per heavy atom. The van der Waals surface area contributed by atoms with Gasteiger partial charge in [-0.3, -0.25) is 13.9 Å². The molecule has 2 aromatic carbocycles. The highest BCUT2D eigenvalue weighted by Gasteiger charge is 2.62. The van der Waals surface area contributed by atoms with E-state index in [4.69, 9.17) is 14.2 Å². The van der Waals surface area contributed by atoms with Crippen LogP contribution in [0.1, 0.15) is 78.1 Å². The third-order valence-electron chi connectivity index (χ3n) is 12.5. The summed E-state index contributed by atoms with van der Waals surface area (Å²) in [5, 5.41) is 11.8. The summed E-state index contributed by atoms with van der Waals surface area (Å²) in [6.07, 6.45) is 8.44. The molecule has 292 valence electrons. The molecule has 0 aromatic heterocycles. The third kappa shape index (κ3) is 6.70. The van der Waals surface area contributed by atoms with Crippen LogP contribution in [0.25, 0.3) is 0 Å². The molecule has 2 aromatic rings. The summed E-state index contributed by atoms with van der Waals surface area (Å²) in [7, 11) is 4.24. The van der Waals surface area contributed by atoms with Gasteiger partial charge in [0.05, 0.1) is 10.6 Å². The molecule has 54 heavy (non-hydrogen) atoms. The lowest BCUT2D eigenvalue weighted by molar-refractivity contribution is -0.150. The summed E-state index contributed by atoms with van der Waals surface area (Å²) in [5.41, 5.74) is 4.24. The zero-order valence-electron chi connectivity index (χ0n) is 32.2. The molecule has 4 aliphatic carbocycles. The van der Waals surface area contributed by atoms with Gasteiger partial charge in [0.15, 0.2) is 23.0 Å². The van der Waals surface area contributed by atoms with Crippen molar-refractivity contribution in [2.45, 2.75) is 116 Å². The summed E-state index contributed by atoms with van der Waals surface area (Å²) in [4.78, 5) is 25.8. The molecular formula is C42H56N2O8P2. The minimum atomic E-state index is -0.627. The highest BCUT2D eigenvalue weighted by Crippen LogP contribution is 2.58. The Labute approximate surface area is 323 Å². The monoisotopic (exact) mass is 778 g/mol. The molecule has 8 rings (SSSR count). The van der Waals surface area contributed by atoms with Crippen LogP contribution in [-0.4, -0.2) is 90.3 Å². The number of carbonyl (C=O) groups excluding carboxylic acids is 2. The molecule has 6 aliphatic rings. The van der Waals surface area contributed by atoms with E-state index >= 15 is 0 Å². The SMILES string of the molecule is C.CC(C)=O.CCN(C)[C@@H]1Cc2ccc(P=O)c3c2[C@@]2(C)C(O3)[C@@H](O)C=C[C@@H]12.CCN(C)[C@@H]1Cc2ccc(P=O)c3c2[C@@]2(C)C(O3)[C@@H](OC(C)=O)C=C[C@@H]12. The van der Waals surface area contributed by atoms with Gasteiger partial charge >= 0.3 is 5.97 Å². The summed E-state index contributed by atoms with van der Waals surface area (Å²) in [5.74, 6) is 1.83. The standard InChI is InChI=1S/C20H24NO4P.C18H22NO3P.C3H6O.CH4/c1-5-21(4)14-10-12-6-9-16(26-23)18-17(12)20(3)13(14)7-8-15(19(20)25-18)24-11(2)22;1-4-19(3)12-9-10-5-8-14(23-21)16-15(10)18(2)11(12)6-7-13(20)17(18)22-16;1-3(2)4;/h6-9,13-15,19H,5,10H2,1-4H3;5-8,11-13,17,20H,4,9H2,1-3H3;1-2H3;1H4/t13-,14+,15-,19?,20-;11-,12+,13-,17?,18-;;/m00../s1. The molecule has 2 heterocycles. The van der Waals surface area contributed by atoms with Crippen molar-refractivity contribution in [2.24, 2.45) is 11.8 Å². The number of aliphatic hydroxyl groups is 1. The fraction of sp³-hybridized carbons (Fsp3) is 0.571. The summed E-state index contributed by atoms with van der Waals surface area (Å²) >= 11 is 0. The minimum Gasteiger partial charge on any atom is -0.485 e. The van der Waals surface area contributed by atoms with Crippen LogP contribution in [0.3, 0.4) is 0 Å². The normalized spacial score (nSPS) is 32.6. The van der Waals surface area contributed by atoms with Gasteiger partial charge in [0.1, 0.15) is 35.6 Å². The number of Topliss-reactive ketones (excluding diaryl/α,β-unsaturated/α-hetero) is 1. The largest absolute Gasteiger partial charge is 0.485 e. The van der Waals surface area contributed by atoms with Crippen molar-refractivity contribution < 1.29 is 38.0 Å². The fourth-order valence-corrected chi connectivity index (χ4v) is 10.7. The molecule has 12 heteroatoms. The molecule has 0 bridgehead atoms. The second-order valence-electron chi connectivity index (χ2n) is 15.7. The molecule has 2 unspecified atom stereocenters. The average molecular weight is 779 g/mol. The van der Waals surface area contributed by atoms with Crippen molar-refractivity contribution in [3.8, 4) is 11.5 Å². The second kappa shape index (κ2) is 16.1. The lowest BCUT2D eigenvalue weighted by Crippen LogP contribution is -2.59. The van der Waals surface area contributed by atoms with Gasteiger partial charge in [-0.15, -0.1) is 0 Å². The molecular weight excluding hydrogens is 722 g/mol. The molecule has 0 saturated carbocycles. The van der Waals surface area contributed by atoms with Gasteiger partial charge in [0.25, 0.3) is 0 Å². The summed E-state index contributed by atoms with van der Waals surface area (Å²) in [6.45, 7) is 15.2. The van der Waals surface area contributed by atoms with Crippen molar-refractivity contribution in [1.29, 1.82) is 0 Å². The number of esters is 1. The second-order valence-corrected chi connectivity index (χ2v) is 17.0. The first-order valence-corrected chi connectivity index (χ1v) is 20.2. The molecule has 0 fully saturated rings. The van der Waals surface area contributed by atoms with Gasteiger partial charge in [-0.1, -0.05) is 65.5 Å². The van der Waals surface area contributed by atoms with Crippen molar-refractivity contribution >= 4 is 39.3 Å². The van der Waals surface area contributed by atoms with E-state index < -0.39 is 12.2 Å². The van der Waals surface area contributed by atoms with E-state index in [0.717, 1.165) is 48.6 Å². The van der Waals surface area contributed by atoms with Crippen molar-refractivity contribution in [1.82, 2.24) is 9.80 Å². The van der Waals surface area contributed by atoms with E-state index in [0.29, 0.717) is 22.7 Å². The zero-order chi connectivity index (χ0) is 38.6. The zero-order valence-corrected chi connectivity index (χ0v) is 33.9. The van der Waals surface area contributed by atoms with E-state index in [-0.39, 0.29) is 71.0 Å². The molecule has 10 atom stereocenters. The van der Waals surface area contributed by atoms with E-state index in [1.54, 1.807) is 0 Å². The first-order chi connectivity index (χ1) is 25.2. The average Bonchev–Trinajstić information content (AvgIpc) is 3.63. The van der Waals surface area contributed by atoms with Crippen LogP contribution in [0.2, 0.25) is 0 Å². The summed E-state index contributed by atoms with van der Waals surface area (Å²) < 4.78 is 41.3. The van der Waals surface area contributed by atoms with Crippen molar-refractivity contribution in [2.75, 3.05) is 27.2 Å². The van der Waals surface area contributed by atoms with Crippen LogP contribution in [0.4, 0.5) is 0 Å². The Bertz CT molecular complexity index is 1860. The molecule has 1 N–H and O–H groups in total. The number of benzene rings is 2. The predicted molar refractivity (Wildman–Crippen MR) is 212 cm³/mol. The maximum absolute atomic E-state index is 11.7. The maximum atomic E-state index is 11.7. The van der Waals surface area contributed by atoms with Crippen LogP contribution in [0, 0.1) is 11.8 Å². The predicted octanol–water partition coefficient (Wildman–Crippen LogP) is 5.89. The molecule has 0 amide bonds. The van der Waals surface area contributed by atoms with E-state index in [1.807, 2.05) is 24.3 Å². The Hall–Kier alpha value is -3.26. The van der Waals surface area contributed by atoms with Crippen LogP contribution in [-0.2, 0) is 47.1 Å². The van der Waals surface area contributed by atoms with Crippen LogP contribution in [0.15, 0.2) is 48.6 Å². The highest BCUT2D eigenvalue weighted by atomic mass is 31.1. The summed E-state index contributed by atoms with van der Waals surface area (Å²) in [6, 6.07) is 8.69. The number of rotatable bonds is 7. The first-order valence-electron chi connectivity index (χ1n) is 18.6. The molecule has 0 spiro atoms. The van der Waals surface area contributed by atoms with Crippen LogP contribution >= 0.6 is 16.9 Å². The van der Waals surface area contributed by atoms with Gasteiger partial charge < -0.3 is 33.9 Å². The molecule has 2 aliphatic heterocycles. The molecule has 10 nitrogen and oxygen atoms in total. The van der Waals surface area contributed by atoms with E-state index in [2.05, 4.69) is 75.9 Å². The van der Waals surface area contributed by atoms with Gasteiger partial charge in [-0.05, 0) is 83.2 Å². The lowest BCUT2D eigenvalue weighted by atomic mass is 9.57. The number of hydrogen-bond donors (Lipinski definition) is 1. The third-order valence-corrected chi connectivity index (χ3v) is 13.6. The van der Waals surface area contributed by atoms with Crippen molar-refractivity contribution in [3.05, 3.63) is 70.8 Å². The van der Waals surface area contributed by atoms with Crippen molar-refractivity contribution in [3.63, 3.8) is 0 Å². The van der Waals surface area contributed by atoms with Gasteiger partial charge in [-0.2, -0.15) is 0 Å². The number of ketones is 1. The quantitative estimate of drug-likeness (QED) is 0.207. The lowest BCUT2D eigenvalue weighted by Gasteiger charge is -2.50. The smallest absolute Gasteiger partial charge is 0.303 e. The Morgan fingerprint density at radius 3 is 1.63 bits per heavy atom. The van der Waals surface area contributed by atoms with Crippen LogP contribution < -0.4 is 20.1 Å².